The van der Waals surface area contributed by atoms with Crippen LogP contribution in [-0.4, -0.2) is 23.8 Å². The van der Waals surface area contributed by atoms with Crippen molar-refractivity contribution in [1.82, 2.24) is 5.32 Å². The van der Waals surface area contributed by atoms with Crippen LogP contribution in [0.4, 0.5) is 0 Å². The first-order chi connectivity index (χ1) is 6.91. The predicted molar refractivity (Wildman–Crippen MR) is 64.9 cm³/mol. The number of aliphatic hydroxyl groups is 1. The van der Waals surface area contributed by atoms with Crippen LogP contribution in [0.15, 0.2) is 0 Å². The number of hydrogen-bond donors (Lipinski definition) is 2. The van der Waals surface area contributed by atoms with E-state index in [1.165, 1.54) is 19.3 Å². The summed E-state index contributed by atoms with van der Waals surface area (Å²) >= 11 is 0. The van der Waals surface area contributed by atoms with Crippen LogP contribution < -0.4 is 5.32 Å². The monoisotopic (exact) mass is 213 g/mol. The van der Waals surface area contributed by atoms with Gasteiger partial charge >= 0.3 is 0 Å². The smallest absolute Gasteiger partial charge is 0.0524 e. The molecule has 1 fully saturated rings. The molecule has 3 unspecified atom stereocenters. The second-order valence-corrected chi connectivity index (χ2v) is 6.08. The Morgan fingerprint density at radius 3 is 2.67 bits per heavy atom. The van der Waals surface area contributed by atoms with Crippen molar-refractivity contribution in [3.05, 3.63) is 0 Å². The van der Waals surface area contributed by atoms with Gasteiger partial charge < -0.3 is 10.4 Å². The highest BCUT2D eigenvalue weighted by Gasteiger charge is 2.31. The molecule has 0 aromatic rings. The van der Waals surface area contributed by atoms with Gasteiger partial charge in [-0.2, -0.15) is 0 Å². The summed E-state index contributed by atoms with van der Waals surface area (Å²) in [5.74, 6) is 0.766. The van der Waals surface area contributed by atoms with Crippen LogP contribution in [0.25, 0.3) is 0 Å². The standard InChI is InChI=1S/C13H27NO/c1-10-9-13(3,4)7-5-12(10)14-8-6-11(2)15/h10-12,14-15H,5-9H2,1-4H3. The van der Waals surface area contributed by atoms with E-state index in [-0.39, 0.29) is 6.10 Å². The number of hydrogen-bond acceptors (Lipinski definition) is 2. The summed E-state index contributed by atoms with van der Waals surface area (Å²) in [5, 5.41) is 12.8. The van der Waals surface area contributed by atoms with E-state index in [0.717, 1.165) is 18.9 Å². The Labute approximate surface area is 94.5 Å². The van der Waals surface area contributed by atoms with Gasteiger partial charge in [-0.25, -0.2) is 0 Å². The summed E-state index contributed by atoms with van der Waals surface area (Å²) in [4.78, 5) is 0. The molecular formula is C13H27NO. The van der Waals surface area contributed by atoms with Crippen LogP contribution in [0.5, 0.6) is 0 Å². The summed E-state index contributed by atoms with van der Waals surface area (Å²) in [6.07, 6.45) is 4.62. The lowest BCUT2D eigenvalue weighted by Gasteiger charge is -2.39. The molecule has 0 aliphatic heterocycles. The van der Waals surface area contributed by atoms with Gasteiger partial charge in [-0.05, 0) is 50.5 Å². The molecule has 1 saturated carbocycles. The predicted octanol–water partition coefficient (Wildman–Crippen LogP) is 2.56. The van der Waals surface area contributed by atoms with Crippen LogP contribution >= 0.6 is 0 Å². The van der Waals surface area contributed by atoms with Crippen molar-refractivity contribution >= 4 is 0 Å². The van der Waals surface area contributed by atoms with Crippen LogP contribution in [0.2, 0.25) is 0 Å². The molecule has 0 amide bonds. The summed E-state index contributed by atoms with van der Waals surface area (Å²) in [5.41, 5.74) is 0.530. The van der Waals surface area contributed by atoms with E-state index in [2.05, 4.69) is 26.1 Å². The zero-order valence-corrected chi connectivity index (χ0v) is 10.7. The summed E-state index contributed by atoms with van der Waals surface area (Å²) in [6, 6.07) is 0.664. The Morgan fingerprint density at radius 2 is 2.13 bits per heavy atom. The van der Waals surface area contributed by atoms with E-state index in [1.54, 1.807) is 0 Å². The third-order valence-electron chi connectivity index (χ3n) is 3.66. The Hall–Kier alpha value is -0.0800. The topological polar surface area (TPSA) is 32.3 Å². The first kappa shape index (κ1) is 13.0. The zero-order valence-electron chi connectivity index (χ0n) is 10.7. The average Bonchev–Trinajstić information content (AvgIpc) is 2.07. The first-order valence-electron chi connectivity index (χ1n) is 6.32. The molecule has 0 radical (unpaired) electrons. The molecule has 0 saturated heterocycles. The second kappa shape index (κ2) is 5.31. The van der Waals surface area contributed by atoms with Crippen molar-refractivity contribution in [3.8, 4) is 0 Å². The van der Waals surface area contributed by atoms with Gasteiger partial charge in [-0.3, -0.25) is 0 Å². The van der Waals surface area contributed by atoms with Crippen molar-refractivity contribution < 1.29 is 5.11 Å². The Balaban J connectivity index is 2.26. The molecule has 90 valence electrons. The molecule has 2 N–H and O–H groups in total. The fourth-order valence-electron chi connectivity index (χ4n) is 2.73. The van der Waals surface area contributed by atoms with E-state index in [9.17, 15) is 5.11 Å². The maximum Gasteiger partial charge on any atom is 0.0524 e. The van der Waals surface area contributed by atoms with Crippen LogP contribution in [0.1, 0.15) is 53.4 Å². The number of rotatable bonds is 4. The lowest BCUT2D eigenvalue weighted by Crippen LogP contribution is -2.42. The molecule has 3 atom stereocenters. The van der Waals surface area contributed by atoms with Crippen molar-refractivity contribution in [3.63, 3.8) is 0 Å². The molecule has 1 rings (SSSR count). The zero-order chi connectivity index (χ0) is 11.5. The van der Waals surface area contributed by atoms with E-state index >= 15 is 0 Å². The van der Waals surface area contributed by atoms with Crippen molar-refractivity contribution in [2.45, 2.75) is 65.5 Å². The number of nitrogens with one attached hydrogen (secondary N) is 1. The minimum Gasteiger partial charge on any atom is -0.393 e. The highest BCUT2D eigenvalue weighted by molar-refractivity contribution is 4.86. The normalized spacial score (nSPS) is 32.6. The van der Waals surface area contributed by atoms with Gasteiger partial charge in [0.15, 0.2) is 0 Å². The van der Waals surface area contributed by atoms with Gasteiger partial charge in [-0.1, -0.05) is 20.8 Å². The molecule has 0 aromatic carbocycles. The molecule has 15 heavy (non-hydrogen) atoms. The van der Waals surface area contributed by atoms with Crippen molar-refractivity contribution in [2.75, 3.05) is 6.54 Å². The van der Waals surface area contributed by atoms with E-state index < -0.39 is 0 Å². The molecule has 2 heteroatoms. The third-order valence-corrected chi connectivity index (χ3v) is 3.66. The van der Waals surface area contributed by atoms with Crippen molar-refractivity contribution in [1.29, 1.82) is 0 Å². The molecule has 0 bridgehead atoms. The van der Waals surface area contributed by atoms with Crippen LogP contribution in [-0.2, 0) is 0 Å². The Morgan fingerprint density at radius 1 is 1.47 bits per heavy atom. The highest BCUT2D eigenvalue weighted by Crippen LogP contribution is 2.38. The van der Waals surface area contributed by atoms with Crippen LogP contribution in [0.3, 0.4) is 0 Å². The molecule has 1 aliphatic rings. The minimum atomic E-state index is -0.173. The molecule has 2 nitrogen and oxygen atoms in total. The molecule has 0 heterocycles. The second-order valence-electron chi connectivity index (χ2n) is 6.08. The van der Waals surface area contributed by atoms with E-state index in [1.807, 2.05) is 6.92 Å². The Kier molecular flexibility index (Phi) is 4.60. The first-order valence-corrected chi connectivity index (χ1v) is 6.32. The summed E-state index contributed by atoms with van der Waals surface area (Å²) in [7, 11) is 0. The lowest BCUT2D eigenvalue weighted by molar-refractivity contribution is 0.140. The Bertz CT molecular complexity index is 189. The highest BCUT2D eigenvalue weighted by atomic mass is 16.3. The fourth-order valence-corrected chi connectivity index (χ4v) is 2.73. The van der Waals surface area contributed by atoms with E-state index in [4.69, 9.17) is 0 Å². The molecule has 0 aromatic heterocycles. The lowest BCUT2D eigenvalue weighted by atomic mass is 9.70. The summed E-state index contributed by atoms with van der Waals surface area (Å²) < 4.78 is 0. The van der Waals surface area contributed by atoms with Gasteiger partial charge in [-0.15, -0.1) is 0 Å². The maximum atomic E-state index is 9.19. The SMILES string of the molecule is CC(O)CCNC1CCC(C)(C)CC1C. The van der Waals surface area contributed by atoms with E-state index in [0.29, 0.717) is 11.5 Å². The minimum absolute atomic E-state index is 0.173. The molecular weight excluding hydrogens is 186 g/mol. The third kappa shape index (κ3) is 4.52. The van der Waals surface area contributed by atoms with Gasteiger partial charge in [0.25, 0.3) is 0 Å². The summed E-state index contributed by atoms with van der Waals surface area (Å²) in [6.45, 7) is 9.90. The molecule has 1 aliphatic carbocycles. The largest absolute Gasteiger partial charge is 0.393 e. The quantitative estimate of drug-likeness (QED) is 0.752. The van der Waals surface area contributed by atoms with Crippen LogP contribution in [0, 0.1) is 11.3 Å². The number of aliphatic hydroxyl groups excluding tert-OH is 1. The molecule has 0 spiro atoms. The fraction of sp³-hybridized carbons (Fsp3) is 1.00. The average molecular weight is 213 g/mol. The van der Waals surface area contributed by atoms with Gasteiger partial charge in [0, 0.05) is 6.04 Å². The maximum absolute atomic E-state index is 9.19. The van der Waals surface area contributed by atoms with Crippen molar-refractivity contribution in [2.24, 2.45) is 11.3 Å². The van der Waals surface area contributed by atoms with Gasteiger partial charge in [0.1, 0.15) is 0 Å². The van der Waals surface area contributed by atoms with Gasteiger partial charge in [0.2, 0.25) is 0 Å². The van der Waals surface area contributed by atoms with Gasteiger partial charge in [0.05, 0.1) is 6.10 Å².